The van der Waals surface area contributed by atoms with E-state index in [1.807, 2.05) is 19.1 Å². The molecule has 0 rings (SSSR count). The van der Waals surface area contributed by atoms with Gasteiger partial charge in [0.05, 0.1) is 0 Å². The molecule has 0 amide bonds. The molecule has 0 aliphatic carbocycles. The number of rotatable bonds is 1. The molecule has 0 saturated heterocycles. The lowest BCUT2D eigenvalue weighted by atomic mass is 10.5. The standard InChI is InChI=1S/C6H8/c1-3-5-6-4-2/h3-4,6H,1H2,2H3/b5-3?,6-4+. The summed E-state index contributed by atoms with van der Waals surface area (Å²) in [5.74, 6) is 0. The zero-order valence-corrected chi connectivity index (χ0v) is 3.94. The van der Waals surface area contributed by atoms with Crippen LogP contribution in [0.5, 0.6) is 0 Å². The molecule has 0 aliphatic heterocycles. The van der Waals surface area contributed by atoms with Crippen molar-refractivity contribution in [3.8, 4) is 0 Å². The number of hydrogen-bond donors (Lipinski definition) is 0. The Bertz CT molecular complexity index is 48.4. The average molecular weight is 80.1 g/mol. The first-order valence-corrected chi connectivity index (χ1v) is 1.90. The number of hydrogen-bond acceptors (Lipinski definition) is 0. The molecule has 0 N–H and O–H groups in total. The molecule has 32 valence electrons. The van der Waals surface area contributed by atoms with Gasteiger partial charge >= 0.3 is 0 Å². The van der Waals surface area contributed by atoms with E-state index in [1.165, 1.54) is 0 Å². The zero-order chi connectivity index (χ0) is 4.83. The molecule has 0 aromatic rings. The molecule has 0 aromatic carbocycles. The van der Waals surface area contributed by atoms with E-state index < -0.39 is 0 Å². The van der Waals surface area contributed by atoms with Crippen LogP contribution in [0.4, 0.5) is 0 Å². The quantitative estimate of drug-likeness (QED) is 0.421. The highest BCUT2D eigenvalue weighted by Crippen LogP contribution is 1.68. The highest BCUT2D eigenvalue weighted by molar-refractivity contribution is 4.93. The van der Waals surface area contributed by atoms with Crippen LogP contribution in [-0.4, -0.2) is 0 Å². The molecule has 0 spiro atoms. The summed E-state index contributed by atoms with van der Waals surface area (Å²) in [6.07, 6.45) is 8.12. The molecular weight excluding hydrogens is 72.1 g/mol. The maximum atomic E-state index is 3.44. The van der Waals surface area contributed by atoms with Crippen LogP contribution in [0, 0.1) is 13.0 Å². The molecule has 0 unspecified atom stereocenters. The highest BCUT2D eigenvalue weighted by Gasteiger charge is 1.50. The SMILES string of the molecule is [CH2]/C=[C]/C=C/C. The van der Waals surface area contributed by atoms with E-state index in [2.05, 4.69) is 13.0 Å². The highest BCUT2D eigenvalue weighted by atomic mass is 13.6. The van der Waals surface area contributed by atoms with Gasteiger partial charge in [-0.3, -0.25) is 0 Å². The van der Waals surface area contributed by atoms with Gasteiger partial charge in [-0.15, -0.1) is 0 Å². The fourth-order valence-corrected chi connectivity index (χ4v) is 0.164. The maximum Gasteiger partial charge on any atom is -0.0230 e. The van der Waals surface area contributed by atoms with Crippen molar-refractivity contribution in [1.82, 2.24) is 0 Å². The summed E-state index contributed by atoms with van der Waals surface area (Å²) in [6, 6.07) is 0. The molecule has 0 fully saturated rings. The van der Waals surface area contributed by atoms with Crippen molar-refractivity contribution in [2.75, 3.05) is 0 Å². The minimum absolute atomic E-state index is 1.62. The first-order chi connectivity index (χ1) is 2.91. The molecule has 0 heteroatoms. The summed E-state index contributed by atoms with van der Waals surface area (Å²) < 4.78 is 0. The largest absolute Gasteiger partial charge is 0.0871 e. The van der Waals surface area contributed by atoms with Crippen LogP contribution in [-0.2, 0) is 0 Å². The van der Waals surface area contributed by atoms with Crippen molar-refractivity contribution >= 4 is 0 Å². The second-order valence-corrected chi connectivity index (χ2v) is 0.871. The molecule has 0 saturated carbocycles. The molecular formula is C6H8. The Morgan fingerprint density at radius 2 is 2.33 bits per heavy atom. The lowest BCUT2D eigenvalue weighted by Gasteiger charge is -1.60. The average Bonchev–Trinajstić information content (AvgIpc) is 1.61. The van der Waals surface area contributed by atoms with Crippen molar-refractivity contribution in [1.29, 1.82) is 0 Å². The Balaban J connectivity index is 3.07. The third-order valence-corrected chi connectivity index (χ3v) is 0.381. The summed E-state index contributed by atoms with van der Waals surface area (Å²) in [5.41, 5.74) is 0. The monoisotopic (exact) mass is 80.1 g/mol. The van der Waals surface area contributed by atoms with Crippen LogP contribution < -0.4 is 0 Å². The Hall–Kier alpha value is -0.520. The predicted molar refractivity (Wildman–Crippen MR) is 28.0 cm³/mol. The first-order valence-electron chi connectivity index (χ1n) is 1.90. The first kappa shape index (κ1) is 5.48. The van der Waals surface area contributed by atoms with Crippen LogP contribution in [0.1, 0.15) is 6.92 Å². The van der Waals surface area contributed by atoms with E-state index >= 15 is 0 Å². The molecule has 0 nitrogen and oxygen atoms in total. The summed E-state index contributed by atoms with van der Waals surface area (Å²) in [6.45, 7) is 5.38. The minimum atomic E-state index is 1.62. The molecule has 2 radical (unpaired) electrons. The molecule has 0 atom stereocenters. The van der Waals surface area contributed by atoms with Gasteiger partial charge in [-0.05, 0) is 19.9 Å². The van der Waals surface area contributed by atoms with Crippen molar-refractivity contribution in [2.45, 2.75) is 6.92 Å². The smallest absolute Gasteiger partial charge is 0.0230 e. The predicted octanol–water partition coefficient (Wildman–Crippen LogP) is 1.76. The van der Waals surface area contributed by atoms with Crippen LogP contribution in [0.15, 0.2) is 18.2 Å². The number of allylic oxidation sites excluding steroid dienone is 4. The van der Waals surface area contributed by atoms with Gasteiger partial charge < -0.3 is 0 Å². The Labute approximate surface area is 39.2 Å². The van der Waals surface area contributed by atoms with Gasteiger partial charge in [-0.2, -0.15) is 0 Å². The van der Waals surface area contributed by atoms with Crippen molar-refractivity contribution in [2.24, 2.45) is 0 Å². The van der Waals surface area contributed by atoms with Crippen LogP contribution in [0.25, 0.3) is 0 Å². The molecule has 6 heavy (non-hydrogen) atoms. The normalized spacial score (nSPS) is 11.7. The van der Waals surface area contributed by atoms with Crippen molar-refractivity contribution < 1.29 is 0 Å². The molecule has 0 aromatic heterocycles. The topological polar surface area (TPSA) is 0 Å². The van der Waals surface area contributed by atoms with Gasteiger partial charge in [0.2, 0.25) is 0 Å². The van der Waals surface area contributed by atoms with Gasteiger partial charge in [0.25, 0.3) is 0 Å². The Morgan fingerprint density at radius 3 is 2.50 bits per heavy atom. The van der Waals surface area contributed by atoms with Gasteiger partial charge in [-0.1, -0.05) is 18.2 Å². The van der Waals surface area contributed by atoms with Crippen molar-refractivity contribution in [3.63, 3.8) is 0 Å². The lowest BCUT2D eigenvalue weighted by molar-refractivity contribution is 1.71. The van der Waals surface area contributed by atoms with Crippen LogP contribution in [0.2, 0.25) is 0 Å². The lowest BCUT2D eigenvalue weighted by Crippen LogP contribution is -1.42. The fourth-order valence-electron chi connectivity index (χ4n) is 0.164. The second-order valence-electron chi connectivity index (χ2n) is 0.871. The van der Waals surface area contributed by atoms with E-state index in [4.69, 9.17) is 0 Å². The maximum absolute atomic E-state index is 3.44. The summed E-state index contributed by atoms with van der Waals surface area (Å²) >= 11 is 0. The summed E-state index contributed by atoms with van der Waals surface area (Å²) in [7, 11) is 0. The van der Waals surface area contributed by atoms with E-state index in [-0.39, 0.29) is 0 Å². The Morgan fingerprint density at radius 1 is 1.67 bits per heavy atom. The summed E-state index contributed by atoms with van der Waals surface area (Å²) in [5, 5.41) is 0. The van der Waals surface area contributed by atoms with Crippen LogP contribution in [0.3, 0.4) is 0 Å². The van der Waals surface area contributed by atoms with E-state index in [0.29, 0.717) is 0 Å². The Kier molecular flexibility index (Phi) is 4.09. The third kappa shape index (κ3) is 3.48. The van der Waals surface area contributed by atoms with Gasteiger partial charge in [-0.25, -0.2) is 0 Å². The van der Waals surface area contributed by atoms with Crippen molar-refractivity contribution in [3.05, 3.63) is 31.2 Å². The molecule has 0 aliphatic rings. The minimum Gasteiger partial charge on any atom is -0.0871 e. The van der Waals surface area contributed by atoms with E-state index in [9.17, 15) is 0 Å². The zero-order valence-electron chi connectivity index (χ0n) is 3.94. The van der Waals surface area contributed by atoms with E-state index in [0.717, 1.165) is 0 Å². The van der Waals surface area contributed by atoms with Gasteiger partial charge in [0.1, 0.15) is 0 Å². The third-order valence-electron chi connectivity index (χ3n) is 0.381. The van der Waals surface area contributed by atoms with E-state index in [1.54, 1.807) is 6.08 Å². The summed E-state index contributed by atoms with van der Waals surface area (Å²) in [4.78, 5) is 0. The van der Waals surface area contributed by atoms with Gasteiger partial charge in [0.15, 0.2) is 0 Å². The fraction of sp³-hybridized carbons (Fsp3) is 0.167. The van der Waals surface area contributed by atoms with Gasteiger partial charge in [0, 0.05) is 0 Å². The second kappa shape index (κ2) is 4.48. The molecule has 0 bridgehead atoms. The van der Waals surface area contributed by atoms with Crippen LogP contribution >= 0.6 is 0 Å². The molecule has 0 heterocycles.